The highest BCUT2D eigenvalue weighted by molar-refractivity contribution is 6.34. The van der Waals surface area contributed by atoms with Crippen molar-refractivity contribution < 1.29 is 14.0 Å². The van der Waals surface area contributed by atoms with Crippen molar-refractivity contribution in [3.05, 3.63) is 64.7 Å². The fourth-order valence-electron chi connectivity index (χ4n) is 4.52. The third-order valence-corrected chi connectivity index (χ3v) is 6.24. The number of halogens is 1. The average Bonchev–Trinajstić information content (AvgIpc) is 2.89. The molecule has 0 bridgehead atoms. The maximum Gasteiger partial charge on any atom is 0.212 e. The first-order valence-electron chi connectivity index (χ1n) is 13.0. The van der Waals surface area contributed by atoms with E-state index in [4.69, 9.17) is 15.5 Å². The fourth-order valence-corrected chi connectivity index (χ4v) is 4.52. The van der Waals surface area contributed by atoms with Crippen molar-refractivity contribution in [3.63, 3.8) is 0 Å². The molecule has 6 heteroatoms. The Kier molecular flexibility index (Phi) is 11.9. The van der Waals surface area contributed by atoms with Gasteiger partial charge in [0.05, 0.1) is 11.8 Å². The first kappa shape index (κ1) is 28.5. The summed E-state index contributed by atoms with van der Waals surface area (Å²) in [6.07, 6.45) is 11.4. The number of nitrogens with zero attached hydrogens (tertiary/aromatic N) is 2. The van der Waals surface area contributed by atoms with Gasteiger partial charge < -0.3 is 9.57 Å². The Labute approximate surface area is 210 Å². The predicted octanol–water partition coefficient (Wildman–Crippen LogP) is 7.12. The fraction of sp³-hybridized carbons (Fsp3) is 0.517. The highest BCUT2D eigenvalue weighted by Crippen LogP contribution is 2.33. The lowest BCUT2D eigenvalue weighted by Crippen LogP contribution is -2.29. The lowest BCUT2D eigenvalue weighted by atomic mass is 9.86. The molecule has 192 valence electrons. The summed E-state index contributed by atoms with van der Waals surface area (Å²) in [4.78, 5) is 14.1. The summed E-state index contributed by atoms with van der Waals surface area (Å²) >= 11 is 0. The number of nitrogens with two attached hydrogens (primary N) is 1. The van der Waals surface area contributed by atoms with Crippen LogP contribution in [-0.4, -0.2) is 31.3 Å². The van der Waals surface area contributed by atoms with E-state index >= 15 is 0 Å². The third-order valence-electron chi connectivity index (χ3n) is 6.24. The molecule has 0 unspecified atom stereocenters. The first-order chi connectivity index (χ1) is 17.0. The van der Waals surface area contributed by atoms with E-state index in [0.717, 1.165) is 73.3 Å². The third kappa shape index (κ3) is 7.38. The second-order valence-electron chi connectivity index (χ2n) is 8.61. The van der Waals surface area contributed by atoms with Gasteiger partial charge in [-0.3, -0.25) is 9.98 Å². The molecule has 1 aromatic carbocycles. The Hall–Kier alpha value is -2.73. The van der Waals surface area contributed by atoms with E-state index in [2.05, 4.69) is 23.8 Å². The summed E-state index contributed by atoms with van der Waals surface area (Å²) in [5.74, 6) is 7.03. The largest absolute Gasteiger partial charge is 0.494 e. The zero-order chi connectivity index (χ0) is 25.8. The molecule has 0 saturated heterocycles. The molecular formula is C29H42FN3O2. The van der Waals surface area contributed by atoms with Gasteiger partial charge >= 0.3 is 0 Å². The van der Waals surface area contributed by atoms with Crippen LogP contribution < -0.4 is 5.90 Å². The maximum atomic E-state index is 14.7. The van der Waals surface area contributed by atoms with Crippen LogP contribution in [0.4, 0.5) is 4.39 Å². The van der Waals surface area contributed by atoms with E-state index in [9.17, 15) is 4.39 Å². The van der Waals surface area contributed by atoms with Crippen molar-refractivity contribution in [2.45, 2.75) is 79.2 Å². The molecule has 0 atom stereocenters. The van der Waals surface area contributed by atoms with E-state index in [1.54, 1.807) is 13.1 Å². The van der Waals surface area contributed by atoms with Crippen molar-refractivity contribution in [1.29, 1.82) is 0 Å². The highest BCUT2D eigenvalue weighted by Gasteiger charge is 2.28. The topological polar surface area (TPSA) is 69.2 Å². The Morgan fingerprint density at radius 3 is 2.43 bits per heavy atom. The summed E-state index contributed by atoms with van der Waals surface area (Å²) in [6.45, 7) is 10.8. The van der Waals surface area contributed by atoms with E-state index in [0.29, 0.717) is 11.5 Å². The molecule has 2 N–H and O–H groups in total. The number of hydrogen-bond acceptors (Lipinski definition) is 5. The van der Waals surface area contributed by atoms with E-state index < -0.39 is 0 Å². The number of aryl methyl sites for hydroxylation is 1. The van der Waals surface area contributed by atoms with E-state index in [1.165, 1.54) is 0 Å². The quantitative estimate of drug-likeness (QED) is 0.194. The summed E-state index contributed by atoms with van der Waals surface area (Å²) < 4.78 is 21.2. The zero-order valence-corrected chi connectivity index (χ0v) is 22.2. The predicted molar refractivity (Wildman–Crippen MR) is 145 cm³/mol. The van der Waals surface area contributed by atoms with Crippen molar-refractivity contribution in [3.8, 4) is 0 Å². The van der Waals surface area contributed by atoms with Crippen LogP contribution in [0.2, 0.25) is 0 Å². The molecule has 0 radical (unpaired) electrons. The Bertz CT molecular complexity index is 984. The Balaban J connectivity index is 0.00000210. The molecule has 0 spiro atoms. The van der Waals surface area contributed by atoms with Crippen LogP contribution in [0.5, 0.6) is 0 Å². The SMILES string of the molecule is CC.CCCN=C(ON)C1CCC(O/C(CC)=C2\C=CC=C(c3ccc(C)cc3F)C2=NC)CC1. The van der Waals surface area contributed by atoms with Gasteiger partial charge in [0.15, 0.2) is 0 Å². The molecule has 0 amide bonds. The summed E-state index contributed by atoms with van der Waals surface area (Å²) in [7, 11) is 1.75. The molecule has 1 fully saturated rings. The number of allylic oxidation sites excluding steroid dienone is 6. The molecule has 5 nitrogen and oxygen atoms in total. The molecule has 1 aromatic rings. The van der Waals surface area contributed by atoms with Crippen LogP contribution in [-0.2, 0) is 9.57 Å². The molecule has 1 saturated carbocycles. The summed E-state index contributed by atoms with van der Waals surface area (Å²) in [6, 6.07) is 5.31. The van der Waals surface area contributed by atoms with Crippen molar-refractivity contribution >= 4 is 17.2 Å². The van der Waals surface area contributed by atoms with Crippen molar-refractivity contribution in [1.82, 2.24) is 0 Å². The van der Waals surface area contributed by atoms with Gasteiger partial charge in [-0.05, 0) is 56.7 Å². The van der Waals surface area contributed by atoms with Gasteiger partial charge in [-0.25, -0.2) is 4.39 Å². The van der Waals surface area contributed by atoms with Crippen LogP contribution in [0.3, 0.4) is 0 Å². The van der Waals surface area contributed by atoms with Gasteiger partial charge in [0.2, 0.25) is 5.90 Å². The van der Waals surface area contributed by atoms with Gasteiger partial charge in [-0.2, -0.15) is 5.90 Å². The molecule has 0 heterocycles. The van der Waals surface area contributed by atoms with Crippen LogP contribution in [0.1, 0.15) is 77.3 Å². The Morgan fingerprint density at radius 2 is 1.86 bits per heavy atom. The molecular weight excluding hydrogens is 441 g/mol. The minimum absolute atomic E-state index is 0.117. The molecule has 35 heavy (non-hydrogen) atoms. The number of hydrogen-bond donors (Lipinski definition) is 1. The monoisotopic (exact) mass is 483 g/mol. The maximum absolute atomic E-state index is 14.7. The zero-order valence-electron chi connectivity index (χ0n) is 22.2. The van der Waals surface area contributed by atoms with Gasteiger partial charge in [-0.15, -0.1) is 0 Å². The van der Waals surface area contributed by atoms with Crippen molar-refractivity contribution in [2.75, 3.05) is 13.6 Å². The van der Waals surface area contributed by atoms with Crippen molar-refractivity contribution in [2.24, 2.45) is 21.8 Å². The van der Waals surface area contributed by atoms with Crippen LogP contribution >= 0.6 is 0 Å². The van der Waals surface area contributed by atoms with Gasteiger partial charge in [-0.1, -0.05) is 52.0 Å². The van der Waals surface area contributed by atoms with Gasteiger partial charge in [0.1, 0.15) is 11.6 Å². The second-order valence-corrected chi connectivity index (χ2v) is 8.61. The Morgan fingerprint density at radius 1 is 1.14 bits per heavy atom. The minimum atomic E-state index is -0.239. The molecule has 0 aromatic heterocycles. The number of rotatable bonds is 7. The molecule has 2 aliphatic carbocycles. The molecule has 0 aliphatic heterocycles. The number of ether oxygens (including phenoxy) is 1. The average molecular weight is 484 g/mol. The summed E-state index contributed by atoms with van der Waals surface area (Å²) in [5, 5.41) is 0. The lowest BCUT2D eigenvalue weighted by Gasteiger charge is -2.30. The molecule has 2 aliphatic rings. The first-order valence-corrected chi connectivity index (χ1v) is 13.0. The highest BCUT2D eigenvalue weighted by atomic mass is 19.1. The lowest BCUT2D eigenvalue weighted by molar-refractivity contribution is 0.0678. The minimum Gasteiger partial charge on any atom is -0.494 e. The van der Waals surface area contributed by atoms with E-state index in [1.807, 2.05) is 51.1 Å². The van der Waals surface area contributed by atoms with Crippen LogP contribution in [0.25, 0.3) is 5.57 Å². The number of benzene rings is 1. The van der Waals surface area contributed by atoms with Gasteiger partial charge in [0.25, 0.3) is 0 Å². The molecule has 3 rings (SSSR count). The smallest absolute Gasteiger partial charge is 0.212 e. The normalized spacial score (nSPS) is 22.8. The van der Waals surface area contributed by atoms with Crippen LogP contribution in [0, 0.1) is 18.7 Å². The second kappa shape index (κ2) is 14.6. The standard InChI is InChI=1S/C27H36FN3O2.C2H6/c1-5-16-31-27(33-29)19-11-13-20(14-12-19)32-25(6-2)23-9-7-8-22(26(23)30-4)21-15-10-18(3)17-24(21)28;1-2/h7-10,15,17,19-20H,5-6,11-14,16,29H2,1-4H3;1-2H3/b25-23+,30-26?,31-27?;. The van der Waals surface area contributed by atoms with Crippen LogP contribution in [0.15, 0.2) is 57.7 Å². The van der Waals surface area contributed by atoms with E-state index in [-0.39, 0.29) is 17.8 Å². The summed E-state index contributed by atoms with van der Waals surface area (Å²) in [5.41, 5.74) is 3.92. The van der Waals surface area contributed by atoms with Gasteiger partial charge in [0, 0.05) is 42.6 Å². The number of aliphatic imine (C=N–C) groups is 2.